The summed E-state index contributed by atoms with van der Waals surface area (Å²) in [4.78, 5) is 25.8. The number of rotatable bonds is 6. The zero-order chi connectivity index (χ0) is 34.8. The van der Waals surface area contributed by atoms with E-state index in [1.165, 1.54) is 4.90 Å². The van der Waals surface area contributed by atoms with Gasteiger partial charge in [0.05, 0.1) is 21.4 Å². The lowest BCUT2D eigenvalue weighted by Crippen LogP contribution is -2.50. The van der Waals surface area contributed by atoms with Crippen molar-refractivity contribution < 1.29 is 41.0 Å². The van der Waals surface area contributed by atoms with E-state index in [0.29, 0.717) is 24.3 Å². The molecule has 3 saturated heterocycles. The predicted molar refractivity (Wildman–Crippen MR) is 169 cm³/mol. The first-order valence-corrected chi connectivity index (χ1v) is 16.3. The first kappa shape index (κ1) is 33.1. The second-order valence-corrected chi connectivity index (χ2v) is 13.5. The Bertz CT molecular complexity index is 2030. The number of nitrogens with zero attached hydrogens (tertiary/aromatic N) is 6. The average Bonchev–Trinajstić information content (AvgIpc) is 3.72. The molecular formula is C32H29F6N7O3S. The Morgan fingerprint density at radius 1 is 1.18 bits per heavy atom. The molecule has 49 heavy (non-hydrogen) atoms. The van der Waals surface area contributed by atoms with Gasteiger partial charge in [-0.3, -0.25) is 9.69 Å². The van der Waals surface area contributed by atoms with Crippen LogP contribution in [0.25, 0.3) is 32.1 Å². The summed E-state index contributed by atoms with van der Waals surface area (Å²) in [6, 6.07) is 4.04. The molecule has 3 aliphatic heterocycles. The van der Waals surface area contributed by atoms with Crippen molar-refractivity contribution in [3.8, 4) is 23.2 Å². The van der Waals surface area contributed by atoms with Crippen LogP contribution in [-0.2, 0) is 11.0 Å². The van der Waals surface area contributed by atoms with Crippen LogP contribution in [0.3, 0.4) is 0 Å². The first-order chi connectivity index (χ1) is 23.3. The summed E-state index contributed by atoms with van der Waals surface area (Å²) < 4.78 is 96.7. The van der Waals surface area contributed by atoms with Crippen molar-refractivity contribution in [2.45, 2.75) is 37.1 Å². The number of aliphatic hydroxyl groups is 1. The summed E-state index contributed by atoms with van der Waals surface area (Å²) in [5.41, 5.74) is 1.73. The number of alkyl halides is 4. The number of fused-ring (bicyclic) bond motifs is 3. The first-order valence-electron chi connectivity index (χ1n) is 15.5. The van der Waals surface area contributed by atoms with Gasteiger partial charge in [0.2, 0.25) is 5.91 Å². The summed E-state index contributed by atoms with van der Waals surface area (Å²) in [6.07, 6.45) is -4.51. The second kappa shape index (κ2) is 12.2. The minimum atomic E-state index is -5.13. The molecule has 0 spiro atoms. The van der Waals surface area contributed by atoms with E-state index in [-0.39, 0.29) is 83.6 Å². The zero-order valence-electron chi connectivity index (χ0n) is 25.8. The van der Waals surface area contributed by atoms with Gasteiger partial charge in [-0.05, 0) is 37.1 Å². The molecule has 2 aromatic heterocycles. The maximum atomic E-state index is 17.0. The van der Waals surface area contributed by atoms with Crippen LogP contribution in [0.4, 0.5) is 37.2 Å². The molecule has 0 bridgehead atoms. The van der Waals surface area contributed by atoms with Crippen LogP contribution in [0.2, 0.25) is 0 Å². The number of aliphatic hydroxyl groups excluding tert-OH is 1. The minimum absolute atomic E-state index is 0.0372. The number of piperazine rings is 1. The van der Waals surface area contributed by atoms with Gasteiger partial charge in [0.1, 0.15) is 47.6 Å². The molecule has 7 rings (SSSR count). The fourth-order valence-electron chi connectivity index (χ4n) is 7.41. The van der Waals surface area contributed by atoms with Crippen molar-refractivity contribution in [1.29, 1.82) is 5.26 Å². The van der Waals surface area contributed by atoms with E-state index in [1.807, 2.05) is 4.90 Å². The summed E-state index contributed by atoms with van der Waals surface area (Å²) >= 11 is 0.665. The lowest BCUT2D eigenvalue weighted by atomic mass is 9.92. The summed E-state index contributed by atoms with van der Waals surface area (Å²) in [6.45, 7) is 0.545. The van der Waals surface area contributed by atoms with E-state index in [1.54, 1.807) is 11.0 Å². The summed E-state index contributed by atoms with van der Waals surface area (Å²) in [5, 5.41) is 18.4. The lowest BCUT2D eigenvalue weighted by molar-refractivity contribution is -0.137. The van der Waals surface area contributed by atoms with Crippen LogP contribution >= 0.6 is 11.3 Å². The third-order valence-electron chi connectivity index (χ3n) is 9.69. The van der Waals surface area contributed by atoms with E-state index < -0.39 is 64.2 Å². The molecule has 0 radical (unpaired) electrons. The number of benzene rings is 2. The lowest BCUT2D eigenvalue weighted by Gasteiger charge is -2.36. The SMILES string of the molecule is N#Cc1c(N)sc2c(F)ccc(-c3c(C(F)(F)F)cc4c(N5CCN(C(=O)CO)CC5)nc(OCC56CCCN5CC(F)C6)nc4c3F)c12. The molecule has 3 fully saturated rings. The summed E-state index contributed by atoms with van der Waals surface area (Å²) in [5.74, 6) is -2.84. The number of ether oxygens (including phenoxy) is 1. The number of thiophene rings is 1. The normalized spacial score (nSPS) is 21.5. The van der Waals surface area contributed by atoms with E-state index in [2.05, 4.69) is 9.97 Å². The van der Waals surface area contributed by atoms with Gasteiger partial charge >= 0.3 is 12.2 Å². The highest BCUT2D eigenvalue weighted by Crippen LogP contribution is 2.48. The highest BCUT2D eigenvalue weighted by Gasteiger charge is 2.49. The van der Waals surface area contributed by atoms with Gasteiger partial charge < -0.3 is 25.4 Å². The van der Waals surface area contributed by atoms with Gasteiger partial charge in [0, 0.05) is 55.5 Å². The van der Waals surface area contributed by atoms with Crippen molar-refractivity contribution in [2.24, 2.45) is 0 Å². The Morgan fingerprint density at radius 3 is 2.63 bits per heavy atom. The van der Waals surface area contributed by atoms with Crippen molar-refractivity contribution in [2.75, 3.05) is 63.1 Å². The Kier molecular flexibility index (Phi) is 8.23. The van der Waals surface area contributed by atoms with Crippen LogP contribution in [0.15, 0.2) is 18.2 Å². The third kappa shape index (κ3) is 5.55. The molecule has 17 heteroatoms. The van der Waals surface area contributed by atoms with Crippen molar-refractivity contribution in [3.63, 3.8) is 0 Å². The molecule has 258 valence electrons. The molecule has 3 aliphatic rings. The predicted octanol–water partition coefficient (Wildman–Crippen LogP) is 4.86. The van der Waals surface area contributed by atoms with Gasteiger partial charge in [0.25, 0.3) is 0 Å². The van der Waals surface area contributed by atoms with Gasteiger partial charge in [-0.1, -0.05) is 6.07 Å². The topological polar surface area (TPSA) is 132 Å². The molecule has 4 aromatic rings. The van der Waals surface area contributed by atoms with Gasteiger partial charge in [-0.2, -0.15) is 28.4 Å². The standard InChI is InChI=1S/C32H29F6N7O3S/c33-16-11-31(4-1-5-45(31)13-16)15-48-30-41-26-18(29(42-30)44-8-6-43(7-9-44)22(47)14-46)10-20(32(36,37)38)24(25(26)35)17-2-3-21(34)27-23(17)19(12-39)28(40)49-27/h2-3,10,16,46H,1,4-9,11,13-15,40H2. The van der Waals surface area contributed by atoms with Crippen LogP contribution in [0.1, 0.15) is 30.4 Å². The van der Waals surface area contributed by atoms with Crippen molar-refractivity contribution >= 4 is 49.1 Å². The highest BCUT2D eigenvalue weighted by atomic mass is 32.1. The Labute approximate surface area is 279 Å². The minimum Gasteiger partial charge on any atom is -0.461 e. The fraction of sp³-hybridized carbons (Fsp3) is 0.438. The smallest absolute Gasteiger partial charge is 0.417 e. The number of amides is 1. The molecule has 10 nitrogen and oxygen atoms in total. The fourth-order valence-corrected chi connectivity index (χ4v) is 8.36. The average molecular weight is 706 g/mol. The Morgan fingerprint density at radius 2 is 1.94 bits per heavy atom. The highest BCUT2D eigenvalue weighted by molar-refractivity contribution is 7.23. The second-order valence-electron chi connectivity index (χ2n) is 12.5. The maximum absolute atomic E-state index is 17.0. The maximum Gasteiger partial charge on any atom is 0.417 e. The monoisotopic (exact) mass is 705 g/mol. The van der Waals surface area contributed by atoms with Gasteiger partial charge in [-0.25, -0.2) is 13.2 Å². The van der Waals surface area contributed by atoms with Crippen molar-refractivity contribution in [3.05, 3.63) is 41.0 Å². The van der Waals surface area contributed by atoms with E-state index >= 15 is 4.39 Å². The van der Waals surface area contributed by atoms with Crippen LogP contribution in [0, 0.1) is 23.0 Å². The van der Waals surface area contributed by atoms with E-state index in [4.69, 9.17) is 10.5 Å². The number of hydrogen-bond acceptors (Lipinski definition) is 10. The number of anilines is 2. The number of nitrogens with two attached hydrogens (primary N) is 1. The van der Waals surface area contributed by atoms with Gasteiger partial charge in [-0.15, -0.1) is 11.3 Å². The molecule has 2 aromatic carbocycles. The number of halogens is 6. The van der Waals surface area contributed by atoms with Crippen LogP contribution in [0.5, 0.6) is 6.01 Å². The summed E-state index contributed by atoms with van der Waals surface area (Å²) in [7, 11) is 0. The molecule has 2 atom stereocenters. The quantitative estimate of drug-likeness (QED) is 0.270. The third-order valence-corrected chi connectivity index (χ3v) is 10.7. The Balaban J connectivity index is 1.42. The van der Waals surface area contributed by atoms with E-state index in [0.717, 1.165) is 24.6 Å². The zero-order valence-corrected chi connectivity index (χ0v) is 26.6. The van der Waals surface area contributed by atoms with E-state index in [9.17, 15) is 37.1 Å². The number of carbonyl (C=O) groups is 1. The van der Waals surface area contributed by atoms with Crippen molar-refractivity contribution in [1.82, 2.24) is 19.8 Å². The molecular weight excluding hydrogens is 676 g/mol. The molecule has 5 heterocycles. The number of nitrogen functional groups attached to an aromatic ring is 1. The molecule has 3 N–H and O–H groups in total. The number of nitriles is 1. The molecule has 0 saturated carbocycles. The number of carbonyl (C=O) groups excluding carboxylic acids is 1. The van der Waals surface area contributed by atoms with Crippen LogP contribution in [-0.4, -0.2) is 95.0 Å². The number of hydrogen-bond donors (Lipinski definition) is 2. The van der Waals surface area contributed by atoms with Crippen LogP contribution < -0.4 is 15.4 Å². The molecule has 2 unspecified atom stereocenters. The largest absolute Gasteiger partial charge is 0.461 e. The Hall–Kier alpha value is -4.40. The number of aromatic nitrogens is 2. The molecule has 0 aliphatic carbocycles. The molecule has 1 amide bonds. The van der Waals surface area contributed by atoms with Gasteiger partial charge in [0.15, 0.2) is 5.82 Å².